The van der Waals surface area contributed by atoms with E-state index in [-0.39, 0.29) is 5.60 Å². The third kappa shape index (κ3) is 9.88. The van der Waals surface area contributed by atoms with Gasteiger partial charge in [-0.15, -0.1) is 0 Å². The van der Waals surface area contributed by atoms with Gasteiger partial charge in [-0.05, 0) is 34.6 Å². The molecule has 0 bridgehead atoms. The van der Waals surface area contributed by atoms with Crippen LogP contribution in [-0.2, 0) is 9.47 Å². The Morgan fingerprint density at radius 2 is 1.83 bits per heavy atom. The summed E-state index contributed by atoms with van der Waals surface area (Å²) < 4.78 is 10.5. The summed E-state index contributed by atoms with van der Waals surface area (Å²) in [5.41, 5.74) is -0.113. The lowest BCUT2D eigenvalue weighted by Crippen LogP contribution is -2.28. The minimum atomic E-state index is -0.113. The van der Waals surface area contributed by atoms with Gasteiger partial charge in [-0.1, -0.05) is 0 Å². The Morgan fingerprint density at radius 3 is 2.25 bits per heavy atom. The molecule has 0 aliphatic heterocycles. The van der Waals surface area contributed by atoms with E-state index >= 15 is 0 Å². The second-order valence-corrected chi connectivity index (χ2v) is 4.08. The van der Waals surface area contributed by atoms with Crippen molar-refractivity contribution in [3.8, 4) is 0 Å². The largest absolute Gasteiger partial charge is 0.350 e. The van der Waals surface area contributed by atoms with Gasteiger partial charge in [-0.3, -0.25) is 5.32 Å². The predicted molar refractivity (Wildman–Crippen MR) is 49.9 cm³/mol. The Hall–Kier alpha value is -0.120. The number of rotatable bonds is 5. The van der Waals surface area contributed by atoms with Gasteiger partial charge < -0.3 is 9.47 Å². The van der Waals surface area contributed by atoms with Gasteiger partial charge in [-0.25, -0.2) is 0 Å². The highest BCUT2D eigenvalue weighted by Gasteiger charge is 2.08. The minimum Gasteiger partial charge on any atom is -0.350 e. The number of hydrogen-bond acceptors (Lipinski definition) is 3. The highest BCUT2D eigenvalue weighted by Crippen LogP contribution is 2.05. The lowest BCUT2D eigenvalue weighted by Gasteiger charge is -2.19. The van der Waals surface area contributed by atoms with Crippen molar-refractivity contribution in [1.29, 1.82) is 0 Å². The van der Waals surface area contributed by atoms with Crippen LogP contribution in [0.3, 0.4) is 0 Å². The summed E-state index contributed by atoms with van der Waals surface area (Å²) >= 11 is 0. The van der Waals surface area contributed by atoms with Crippen LogP contribution in [0.2, 0.25) is 0 Å². The Labute approximate surface area is 75.4 Å². The summed E-state index contributed by atoms with van der Waals surface area (Å²) in [5.74, 6) is 0. The smallest absolute Gasteiger partial charge is 0.149 e. The van der Waals surface area contributed by atoms with Gasteiger partial charge in [0.25, 0.3) is 0 Å². The molecule has 0 rings (SSSR count). The minimum absolute atomic E-state index is 0.113. The summed E-state index contributed by atoms with van der Waals surface area (Å²) in [6.45, 7) is 11.1. The second kappa shape index (κ2) is 5.51. The van der Waals surface area contributed by atoms with Crippen LogP contribution in [0, 0.1) is 0 Å². The molecule has 0 atom stereocenters. The van der Waals surface area contributed by atoms with E-state index in [9.17, 15) is 0 Å². The molecular formula is C9H21NO2. The van der Waals surface area contributed by atoms with Crippen LogP contribution in [0.15, 0.2) is 0 Å². The molecule has 0 fully saturated rings. The highest BCUT2D eigenvalue weighted by molar-refractivity contribution is 4.56. The monoisotopic (exact) mass is 175 g/mol. The molecule has 74 valence electrons. The fourth-order valence-electron chi connectivity index (χ4n) is 0.486. The van der Waals surface area contributed by atoms with Crippen molar-refractivity contribution in [1.82, 2.24) is 5.32 Å². The summed E-state index contributed by atoms with van der Waals surface area (Å²) in [6.07, 6.45) is 0. The molecule has 0 saturated carbocycles. The Balaban J connectivity index is 3.12. The average Bonchev–Trinajstić information content (AvgIpc) is 1.83. The normalized spacial score (nSPS) is 12.5. The fourth-order valence-corrected chi connectivity index (χ4v) is 0.486. The molecule has 0 aromatic heterocycles. The third-order valence-electron chi connectivity index (χ3n) is 1.17. The summed E-state index contributed by atoms with van der Waals surface area (Å²) in [7, 11) is 0. The standard InChI is InChI=1S/C9H21NO2/c1-8(2)10-6-11-7-12-9(3,4)5/h8,10H,6-7H2,1-5H3. The van der Waals surface area contributed by atoms with E-state index in [0.29, 0.717) is 19.6 Å². The zero-order valence-electron chi connectivity index (χ0n) is 8.81. The van der Waals surface area contributed by atoms with Crippen molar-refractivity contribution in [3.63, 3.8) is 0 Å². The van der Waals surface area contributed by atoms with E-state index in [1.165, 1.54) is 0 Å². The van der Waals surface area contributed by atoms with Crippen LogP contribution >= 0.6 is 0 Å². The number of ether oxygens (including phenoxy) is 2. The fraction of sp³-hybridized carbons (Fsp3) is 1.00. The molecule has 0 unspecified atom stereocenters. The predicted octanol–water partition coefficient (Wildman–Crippen LogP) is 1.73. The molecule has 12 heavy (non-hydrogen) atoms. The molecule has 0 aromatic carbocycles. The Bertz CT molecular complexity index is 108. The van der Waals surface area contributed by atoms with Crippen molar-refractivity contribution >= 4 is 0 Å². The summed E-state index contributed by atoms with van der Waals surface area (Å²) in [4.78, 5) is 0. The quantitative estimate of drug-likeness (QED) is 0.510. The molecule has 3 nitrogen and oxygen atoms in total. The molecule has 1 N–H and O–H groups in total. The van der Waals surface area contributed by atoms with Gasteiger partial charge in [0.05, 0.1) is 12.3 Å². The van der Waals surface area contributed by atoms with Gasteiger partial charge in [-0.2, -0.15) is 0 Å². The van der Waals surface area contributed by atoms with Gasteiger partial charge in [0.1, 0.15) is 6.79 Å². The maximum atomic E-state index is 5.35. The van der Waals surface area contributed by atoms with Crippen molar-refractivity contribution in [2.45, 2.75) is 46.3 Å². The molecule has 0 heterocycles. The molecule has 0 amide bonds. The molecule has 0 spiro atoms. The summed E-state index contributed by atoms with van der Waals surface area (Å²) in [6, 6.07) is 0.458. The lowest BCUT2D eigenvalue weighted by molar-refractivity contribution is -0.124. The first-order valence-electron chi connectivity index (χ1n) is 4.37. The van der Waals surface area contributed by atoms with Crippen molar-refractivity contribution in [2.75, 3.05) is 13.5 Å². The third-order valence-corrected chi connectivity index (χ3v) is 1.17. The Morgan fingerprint density at radius 1 is 1.25 bits per heavy atom. The van der Waals surface area contributed by atoms with E-state index < -0.39 is 0 Å². The van der Waals surface area contributed by atoms with Crippen molar-refractivity contribution < 1.29 is 9.47 Å². The first kappa shape index (κ1) is 11.9. The first-order chi connectivity index (χ1) is 5.42. The van der Waals surface area contributed by atoms with Crippen molar-refractivity contribution in [2.24, 2.45) is 0 Å². The molecule has 0 saturated heterocycles. The van der Waals surface area contributed by atoms with Crippen LogP contribution in [0.5, 0.6) is 0 Å². The van der Waals surface area contributed by atoms with Gasteiger partial charge in [0, 0.05) is 6.04 Å². The van der Waals surface area contributed by atoms with E-state index in [1.807, 2.05) is 20.8 Å². The van der Waals surface area contributed by atoms with Crippen LogP contribution in [-0.4, -0.2) is 25.2 Å². The van der Waals surface area contributed by atoms with Gasteiger partial charge in [0.15, 0.2) is 0 Å². The maximum absolute atomic E-state index is 5.35. The average molecular weight is 175 g/mol. The molecule has 0 aliphatic carbocycles. The highest BCUT2D eigenvalue weighted by atomic mass is 16.7. The van der Waals surface area contributed by atoms with E-state index in [1.54, 1.807) is 0 Å². The molecule has 0 aliphatic rings. The molecule has 0 radical (unpaired) electrons. The van der Waals surface area contributed by atoms with E-state index in [4.69, 9.17) is 9.47 Å². The van der Waals surface area contributed by atoms with Crippen LogP contribution in [0.25, 0.3) is 0 Å². The maximum Gasteiger partial charge on any atom is 0.149 e. The summed E-state index contributed by atoms with van der Waals surface area (Å²) in [5, 5.41) is 3.13. The van der Waals surface area contributed by atoms with E-state index in [0.717, 1.165) is 0 Å². The van der Waals surface area contributed by atoms with Gasteiger partial charge >= 0.3 is 0 Å². The van der Waals surface area contributed by atoms with Crippen LogP contribution in [0.1, 0.15) is 34.6 Å². The lowest BCUT2D eigenvalue weighted by atomic mass is 10.2. The zero-order valence-corrected chi connectivity index (χ0v) is 8.81. The Kier molecular flexibility index (Phi) is 5.46. The topological polar surface area (TPSA) is 30.5 Å². The number of nitrogens with one attached hydrogen (secondary N) is 1. The van der Waals surface area contributed by atoms with Crippen molar-refractivity contribution in [3.05, 3.63) is 0 Å². The van der Waals surface area contributed by atoms with Crippen LogP contribution in [0.4, 0.5) is 0 Å². The zero-order chi connectivity index (χ0) is 9.61. The molecule has 0 aromatic rings. The molecular weight excluding hydrogens is 154 g/mol. The molecule has 3 heteroatoms. The SMILES string of the molecule is CC(C)NCOCOC(C)(C)C. The van der Waals surface area contributed by atoms with Gasteiger partial charge in [0.2, 0.25) is 0 Å². The van der Waals surface area contributed by atoms with Crippen LogP contribution < -0.4 is 5.32 Å². The first-order valence-corrected chi connectivity index (χ1v) is 4.37. The van der Waals surface area contributed by atoms with E-state index in [2.05, 4.69) is 19.2 Å². The second-order valence-electron chi connectivity index (χ2n) is 4.08. The number of hydrogen-bond donors (Lipinski definition) is 1.